The molecule has 0 bridgehead atoms. The van der Waals surface area contributed by atoms with Crippen molar-refractivity contribution in [3.05, 3.63) is 0 Å². The van der Waals surface area contributed by atoms with Crippen molar-refractivity contribution in [3.63, 3.8) is 0 Å². The Kier molecular flexibility index (Phi) is 4.10. The molecule has 3 N–H and O–H groups in total. The van der Waals surface area contributed by atoms with Crippen LogP contribution in [-0.2, 0) is 14.8 Å². The van der Waals surface area contributed by atoms with Gasteiger partial charge < -0.3 is 10.1 Å². The van der Waals surface area contributed by atoms with Crippen molar-refractivity contribution in [1.29, 1.82) is 0 Å². The molecule has 0 amide bonds. The number of hydrogen-bond donors (Lipinski definition) is 2. The van der Waals surface area contributed by atoms with Gasteiger partial charge in [-0.1, -0.05) is 12.8 Å². The zero-order valence-corrected chi connectivity index (χ0v) is 12.8. The fraction of sp³-hybridized carbons (Fsp3) is 1.00. The lowest BCUT2D eigenvalue weighted by atomic mass is 9.78. The molecule has 0 radical (unpaired) electrons. The van der Waals surface area contributed by atoms with Crippen LogP contribution in [-0.4, -0.2) is 38.5 Å². The Bertz CT molecular complexity index is 437. The Morgan fingerprint density at radius 1 is 1.15 bits per heavy atom. The number of nitrogens with one attached hydrogen (secondary N) is 1. The van der Waals surface area contributed by atoms with E-state index in [4.69, 9.17) is 9.88 Å². The van der Waals surface area contributed by atoms with Gasteiger partial charge >= 0.3 is 0 Å². The van der Waals surface area contributed by atoms with Gasteiger partial charge in [0.25, 0.3) is 0 Å². The van der Waals surface area contributed by atoms with Crippen molar-refractivity contribution in [2.45, 2.75) is 68.3 Å². The molecule has 0 aromatic carbocycles. The predicted octanol–water partition coefficient (Wildman–Crippen LogP) is 1.13. The number of rotatable bonds is 2. The third-order valence-electron chi connectivity index (χ3n) is 5.49. The molecule has 1 saturated carbocycles. The minimum absolute atomic E-state index is 0.140. The summed E-state index contributed by atoms with van der Waals surface area (Å²) >= 11 is 0. The third-order valence-corrected chi connectivity index (χ3v) is 6.82. The SMILES string of the molecule is NS(=O)(=O)C1CCC(C2CCOC3(CCCC3)C2)NC1. The molecule has 2 heterocycles. The summed E-state index contributed by atoms with van der Waals surface area (Å²) in [4.78, 5) is 0. The minimum atomic E-state index is -3.39. The third kappa shape index (κ3) is 3.03. The second-order valence-corrected chi connectivity index (χ2v) is 8.64. The highest BCUT2D eigenvalue weighted by Crippen LogP contribution is 2.43. The maximum atomic E-state index is 11.4. The van der Waals surface area contributed by atoms with E-state index in [1.807, 2.05) is 0 Å². The van der Waals surface area contributed by atoms with E-state index in [0.717, 1.165) is 25.9 Å². The van der Waals surface area contributed by atoms with Gasteiger partial charge in [0, 0.05) is 19.2 Å². The van der Waals surface area contributed by atoms with Gasteiger partial charge in [-0.15, -0.1) is 0 Å². The average Bonchev–Trinajstić information content (AvgIpc) is 2.86. The molecule has 0 aromatic heterocycles. The molecule has 5 nitrogen and oxygen atoms in total. The maximum Gasteiger partial charge on any atom is 0.213 e. The quantitative estimate of drug-likeness (QED) is 0.801. The number of ether oxygens (including phenoxy) is 1. The Labute approximate surface area is 121 Å². The minimum Gasteiger partial charge on any atom is -0.375 e. The molecule has 1 aliphatic carbocycles. The van der Waals surface area contributed by atoms with E-state index in [9.17, 15) is 8.42 Å². The monoisotopic (exact) mass is 302 g/mol. The van der Waals surface area contributed by atoms with Crippen LogP contribution in [0.15, 0.2) is 0 Å². The van der Waals surface area contributed by atoms with Gasteiger partial charge in [0.05, 0.1) is 10.9 Å². The molecule has 3 aliphatic rings. The highest BCUT2D eigenvalue weighted by atomic mass is 32.2. The lowest BCUT2D eigenvalue weighted by Gasteiger charge is -2.43. The van der Waals surface area contributed by atoms with Crippen molar-refractivity contribution < 1.29 is 13.2 Å². The van der Waals surface area contributed by atoms with Crippen LogP contribution in [0.1, 0.15) is 51.4 Å². The molecule has 6 heteroatoms. The molecule has 3 rings (SSSR count). The van der Waals surface area contributed by atoms with Crippen LogP contribution in [0, 0.1) is 5.92 Å². The highest BCUT2D eigenvalue weighted by molar-refractivity contribution is 7.89. The van der Waals surface area contributed by atoms with Crippen molar-refractivity contribution >= 4 is 10.0 Å². The standard InChI is InChI=1S/C14H26N2O3S/c15-20(17,18)12-3-4-13(16-10-12)11-5-8-19-14(9-11)6-1-2-7-14/h11-13,16H,1-10H2,(H2,15,17,18). The van der Waals surface area contributed by atoms with Gasteiger partial charge in [-0.2, -0.15) is 0 Å². The van der Waals surface area contributed by atoms with Crippen molar-refractivity contribution in [1.82, 2.24) is 5.32 Å². The lowest BCUT2D eigenvalue weighted by molar-refractivity contribution is -0.0989. The zero-order valence-electron chi connectivity index (χ0n) is 12.0. The van der Waals surface area contributed by atoms with Gasteiger partial charge in [-0.25, -0.2) is 13.6 Å². The van der Waals surface area contributed by atoms with Crippen LogP contribution < -0.4 is 10.5 Å². The average molecular weight is 302 g/mol. The summed E-state index contributed by atoms with van der Waals surface area (Å²) in [6.45, 7) is 1.37. The van der Waals surface area contributed by atoms with E-state index < -0.39 is 15.3 Å². The first-order valence-electron chi connectivity index (χ1n) is 7.88. The number of hydrogen-bond acceptors (Lipinski definition) is 4. The fourth-order valence-electron chi connectivity index (χ4n) is 4.31. The first kappa shape index (κ1) is 14.8. The normalized spacial score (nSPS) is 38.1. The van der Waals surface area contributed by atoms with Crippen molar-refractivity contribution in [2.75, 3.05) is 13.2 Å². The van der Waals surface area contributed by atoms with Gasteiger partial charge in [-0.3, -0.25) is 0 Å². The van der Waals surface area contributed by atoms with E-state index in [-0.39, 0.29) is 5.60 Å². The van der Waals surface area contributed by atoms with E-state index in [2.05, 4.69) is 5.32 Å². The molecule has 3 unspecified atom stereocenters. The summed E-state index contributed by atoms with van der Waals surface area (Å²) in [5, 5.41) is 8.27. The Balaban J connectivity index is 1.58. The van der Waals surface area contributed by atoms with Gasteiger partial charge in [-0.05, 0) is 44.4 Å². The Hall–Kier alpha value is -0.170. The summed E-state index contributed by atoms with van der Waals surface area (Å²) in [7, 11) is -3.39. The lowest BCUT2D eigenvalue weighted by Crippen LogP contribution is -2.52. The molecular formula is C14H26N2O3S. The first-order valence-corrected chi connectivity index (χ1v) is 9.48. The Morgan fingerprint density at radius 2 is 1.90 bits per heavy atom. The van der Waals surface area contributed by atoms with E-state index in [0.29, 0.717) is 24.9 Å². The van der Waals surface area contributed by atoms with Crippen LogP contribution in [0.25, 0.3) is 0 Å². The largest absolute Gasteiger partial charge is 0.375 e. The van der Waals surface area contributed by atoms with E-state index >= 15 is 0 Å². The summed E-state index contributed by atoms with van der Waals surface area (Å²) in [6.07, 6.45) is 8.84. The summed E-state index contributed by atoms with van der Waals surface area (Å²) in [6, 6.07) is 0.439. The molecule has 0 aromatic rings. The molecule has 1 spiro atoms. The van der Waals surface area contributed by atoms with Crippen LogP contribution in [0.5, 0.6) is 0 Å². The summed E-state index contributed by atoms with van der Waals surface area (Å²) < 4.78 is 28.9. The van der Waals surface area contributed by atoms with Crippen LogP contribution in [0.3, 0.4) is 0 Å². The number of primary sulfonamides is 1. The van der Waals surface area contributed by atoms with Crippen LogP contribution in [0.2, 0.25) is 0 Å². The van der Waals surface area contributed by atoms with Gasteiger partial charge in [0.1, 0.15) is 0 Å². The molecule has 2 saturated heterocycles. The maximum absolute atomic E-state index is 11.4. The number of sulfonamides is 1. The molecule has 3 atom stereocenters. The number of nitrogens with two attached hydrogens (primary N) is 1. The van der Waals surface area contributed by atoms with Crippen molar-refractivity contribution in [2.24, 2.45) is 11.1 Å². The Morgan fingerprint density at radius 3 is 2.50 bits per heavy atom. The first-order chi connectivity index (χ1) is 9.49. The summed E-state index contributed by atoms with van der Waals surface area (Å²) in [5.74, 6) is 0.628. The van der Waals surface area contributed by atoms with Gasteiger partial charge in [0.2, 0.25) is 10.0 Å². The smallest absolute Gasteiger partial charge is 0.213 e. The van der Waals surface area contributed by atoms with Crippen molar-refractivity contribution in [3.8, 4) is 0 Å². The van der Waals surface area contributed by atoms with Crippen LogP contribution >= 0.6 is 0 Å². The number of piperidine rings is 1. The molecule has 116 valence electrons. The van der Waals surface area contributed by atoms with E-state index in [1.54, 1.807) is 0 Å². The van der Waals surface area contributed by atoms with Gasteiger partial charge in [0.15, 0.2) is 0 Å². The van der Waals surface area contributed by atoms with E-state index in [1.165, 1.54) is 25.7 Å². The summed E-state index contributed by atoms with van der Waals surface area (Å²) in [5.41, 5.74) is 0.140. The second kappa shape index (κ2) is 5.55. The van der Waals surface area contributed by atoms with Crippen LogP contribution in [0.4, 0.5) is 0 Å². The molecule has 3 fully saturated rings. The molecular weight excluding hydrogens is 276 g/mol. The molecule has 2 aliphatic heterocycles. The predicted molar refractivity (Wildman–Crippen MR) is 77.8 cm³/mol. The highest BCUT2D eigenvalue weighted by Gasteiger charge is 2.43. The molecule has 20 heavy (non-hydrogen) atoms. The second-order valence-electron chi connectivity index (χ2n) is 6.79. The zero-order chi connectivity index (χ0) is 14.2. The fourth-order valence-corrected chi connectivity index (χ4v) is 5.11. The topological polar surface area (TPSA) is 81.4 Å².